The van der Waals surface area contributed by atoms with Gasteiger partial charge in [-0.05, 0) is 7.05 Å². The van der Waals surface area contributed by atoms with E-state index in [-0.39, 0.29) is 0 Å². The first kappa shape index (κ1) is 14.9. The average Bonchev–Trinajstić information content (AvgIpc) is 2.36. The molecule has 2 aliphatic rings. The first-order valence-corrected chi connectivity index (χ1v) is 6.79. The Hall–Kier alpha value is -0.0800. The summed E-state index contributed by atoms with van der Waals surface area (Å²) in [6.45, 7) is 8.74. The number of nitrogens with zero attached hydrogens (tertiary/aromatic N) is 1. The minimum Gasteiger partial charge on any atom is -0.314 e. The molecule has 2 rings (SSSR count). The summed E-state index contributed by atoms with van der Waals surface area (Å²) in [5, 5.41) is 3.27. The highest BCUT2D eigenvalue weighted by Crippen LogP contribution is 2.15. The third kappa shape index (κ3) is 10.2. The lowest BCUT2D eigenvalue weighted by Gasteiger charge is -2.21. The standard InChI is InChI=1S/C6H12.C5H12N2.C2H6/c1-2-4-6-5-3-1;1-7-4-2-6-3-5-7;1-2/h1-6H2;6H,2-5H2,1H3;1-2H3. The predicted octanol–water partition coefficient (Wildman–Crippen LogP) is 2.89. The summed E-state index contributed by atoms with van der Waals surface area (Å²) >= 11 is 0. The fourth-order valence-electron chi connectivity index (χ4n) is 1.84. The zero-order valence-corrected chi connectivity index (χ0v) is 11.0. The van der Waals surface area contributed by atoms with Crippen molar-refractivity contribution in [3.8, 4) is 0 Å². The van der Waals surface area contributed by atoms with Crippen LogP contribution in [0.5, 0.6) is 0 Å². The molecular formula is C13H30N2. The molecule has 0 spiro atoms. The maximum atomic E-state index is 3.27. The third-order valence-electron chi connectivity index (χ3n) is 2.84. The second-order valence-corrected chi connectivity index (χ2v) is 4.17. The van der Waals surface area contributed by atoms with E-state index < -0.39 is 0 Å². The van der Waals surface area contributed by atoms with Gasteiger partial charge < -0.3 is 10.2 Å². The molecule has 92 valence electrons. The molecule has 1 aliphatic carbocycles. The van der Waals surface area contributed by atoms with Crippen molar-refractivity contribution in [3.05, 3.63) is 0 Å². The zero-order valence-electron chi connectivity index (χ0n) is 11.0. The minimum absolute atomic E-state index is 1.16. The van der Waals surface area contributed by atoms with Gasteiger partial charge in [0.15, 0.2) is 0 Å². The molecule has 0 aromatic heterocycles. The molecule has 1 N–H and O–H groups in total. The SMILES string of the molecule is C1CCCCC1.CC.CN1CCNCC1. The van der Waals surface area contributed by atoms with Crippen molar-refractivity contribution in [1.29, 1.82) is 0 Å². The first-order valence-electron chi connectivity index (χ1n) is 6.79. The predicted molar refractivity (Wildman–Crippen MR) is 69.4 cm³/mol. The molecule has 0 atom stereocenters. The maximum Gasteiger partial charge on any atom is 0.0104 e. The quantitative estimate of drug-likeness (QED) is 0.667. The molecule has 2 fully saturated rings. The number of likely N-dealkylation sites (N-methyl/N-ethyl adjacent to an activating group) is 1. The van der Waals surface area contributed by atoms with E-state index in [2.05, 4.69) is 17.3 Å². The van der Waals surface area contributed by atoms with Gasteiger partial charge in [-0.2, -0.15) is 0 Å². The van der Waals surface area contributed by atoms with Crippen LogP contribution >= 0.6 is 0 Å². The highest BCUT2D eigenvalue weighted by molar-refractivity contribution is 4.62. The zero-order chi connectivity index (χ0) is 11.4. The smallest absolute Gasteiger partial charge is 0.0104 e. The molecule has 0 radical (unpaired) electrons. The molecule has 1 saturated heterocycles. The highest BCUT2D eigenvalue weighted by Gasteiger charge is 2.01. The van der Waals surface area contributed by atoms with Crippen LogP contribution in [-0.2, 0) is 0 Å². The Balaban J connectivity index is 0.000000227. The summed E-state index contributed by atoms with van der Waals surface area (Å²) in [7, 11) is 2.15. The largest absolute Gasteiger partial charge is 0.314 e. The van der Waals surface area contributed by atoms with E-state index in [9.17, 15) is 0 Å². The fourth-order valence-corrected chi connectivity index (χ4v) is 1.84. The Morgan fingerprint density at radius 2 is 1.07 bits per heavy atom. The van der Waals surface area contributed by atoms with Crippen molar-refractivity contribution in [2.75, 3.05) is 33.2 Å². The molecule has 2 nitrogen and oxygen atoms in total. The Kier molecular flexibility index (Phi) is 11.9. The van der Waals surface area contributed by atoms with Crippen LogP contribution in [0.15, 0.2) is 0 Å². The van der Waals surface area contributed by atoms with E-state index in [1.165, 1.54) is 51.6 Å². The molecule has 0 unspecified atom stereocenters. The Morgan fingerprint density at radius 1 is 0.733 bits per heavy atom. The molecule has 0 aromatic carbocycles. The van der Waals surface area contributed by atoms with Gasteiger partial charge in [-0.3, -0.25) is 0 Å². The van der Waals surface area contributed by atoms with Crippen LogP contribution in [0.1, 0.15) is 52.4 Å². The van der Waals surface area contributed by atoms with Gasteiger partial charge in [0.1, 0.15) is 0 Å². The number of piperazine rings is 1. The summed E-state index contributed by atoms with van der Waals surface area (Å²) in [6.07, 6.45) is 9.00. The summed E-state index contributed by atoms with van der Waals surface area (Å²) in [6, 6.07) is 0. The van der Waals surface area contributed by atoms with Crippen molar-refractivity contribution in [3.63, 3.8) is 0 Å². The molecule has 0 amide bonds. The Labute approximate surface area is 96.4 Å². The normalized spacial score (nSPS) is 21.8. The van der Waals surface area contributed by atoms with E-state index >= 15 is 0 Å². The number of hydrogen-bond donors (Lipinski definition) is 1. The fraction of sp³-hybridized carbons (Fsp3) is 1.00. The molecule has 1 aliphatic heterocycles. The second kappa shape index (κ2) is 12.0. The number of rotatable bonds is 0. The van der Waals surface area contributed by atoms with Crippen molar-refractivity contribution >= 4 is 0 Å². The summed E-state index contributed by atoms with van der Waals surface area (Å²) in [5.74, 6) is 0. The average molecular weight is 214 g/mol. The molecule has 15 heavy (non-hydrogen) atoms. The van der Waals surface area contributed by atoms with E-state index in [1.807, 2.05) is 13.8 Å². The molecule has 2 heteroatoms. The molecule has 0 aromatic rings. The summed E-state index contributed by atoms with van der Waals surface area (Å²) in [5.41, 5.74) is 0. The summed E-state index contributed by atoms with van der Waals surface area (Å²) < 4.78 is 0. The Morgan fingerprint density at radius 3 is 1.27 bits per heavy atom. The maximum absolute atomic E-state index is 3.27. The van der Waals surface area contributed by atoms with Crippen LogP contribution in [0.2, 0.25) is 0 Å². The van der Waals surface area contributed by atoms with Gasteiger partial charge in [0.25, 0.3) is 0 Å². The van der Waals surface area contributed by atoms with Gasteiger partial charge in [0.05, 0.1) is 0 Å². The van der Waals surface area contributed by atoms with Crippen molar-refractivity contribution < 1.29 is 0 Å². The minimum atomic E-state index is 1.16. The van der Waals surface area contributed by atoms with Gasteiger partial charge >= 0.3 is 0 Å². The molecular weight excluding hydrogens is 184 g/mol. The van der Waals surface area contributed by atoms with E-state index in [0.29, 0.717) is 0 Å². The molecule has 1 saturated carbocycles. The van der Waals surface area contributed by atoms with Crippen molar-refractivity contribution in [2.45, 2.75) is 52.4 Å². The second-order valence-electron chi connectivity index (χ2n) is 4.17. The summed E-state index contributed by atoms with van der Waals surface area (Å²) in [4.78, 5) is 2.33. The van der Waals surface area contributed by atoms with Crippen LogP contribution in [0.4, 0.5) is 0 Å². The molecule has 1 heterocycles. The van der Waals surface area contributed by atoms with Crippen LogP contribution < -0.4 is 5.32 Å². The van der Waals surface area contributed by atoms with Gasteiger partial charge in [-0.25, -0.2) is 0 Å². The van der Waals surface area contributed by atoms with Crippen LogP contribution in [0, 0.1) is 0 Å². The molecule has 0 bridgehead atoms. The number of hydrogen-bond acceptors (Lipinski definition) is 2. The van der Waals surface area contributed by atoms with Crippen molar-refractivity contribution in [2.24, 2.45) is 0 Å². The van der Waals surface area contributed by atoms with Crippen molar-refractivity contribution in [1.82, 2.24) is 10.2 Å². The van der Waals surface area contributed by atoms with E-state index in [1.54, 1.807) is 0 Å². The van der Waals surface area contributed by atoms with Gasteiger partial charge in [-0.15, -0.1) is 0 Å². The number of nitrogens with one attached hydrogen (secondary N) is 1. The van der Waals surface area contributed by atoms with Crippen LogP contribution in [0.3, 0.4) is 0 Å². The van der Waals surface area contributed by atoms with Crippen LogP contribution in [-0.4, -0.2) is 38.1 Å². The third-order valence-corrected chi connectivity index (χ3v) is 2.84. The van der Waals surface area contributed by atoms with E-state index in [4.69, 9.17) is 0 Å². The monoisotopic (exact) mass is 214 g/mol. The van der Waals surface area contributed by atoms with Gasteiger partial charge in [0, 0.05) is 26.2 Å². The Bertz CT molecular complexity index is 93.6. The van der Waals surface area contributed by atoms with Gasteiger partial charge in [0.2, 0.25) is 0 Å². The van der Waals surface area contributed by atoms with E-state index in [0.717, 1.165) is 13.1 Å². The lowest BCUT2D eigenvalue weighted by atomic mass is 10.0. The lowest BCUT2D eigenvalue weighted by molar-refractivity contribution is 0.291. The lowest BCUT2D eigenvalue weighted by Crippen LogP contribution is -2.40. The highest BCUT2D eigenvalue weighted by atomic mass is 15.2. The topological polar surface area (TPSA) is 15.3 Å². The van der Waals surface area contributed by atoms with Crippen LogP contribution in [0.25, 0.3) is 0 Å². The first-order chi connectivity index (χ1) is 7.39. The van der Waals surface area contributed by atoms with Gasteiger partial charge in [-0.1, -0.05) is 52.4 Å².